The number of nitrogens with one attached hydrogen (secondary N) is 1. The number of nitriles is 1. The normalized spacial score (nSPS) is 11.1. The van der Waals surface area contributed by atoms with E-state index >= 15 is 0 Å². The Bertz CT molecular complexity index is 1010. The molecule has 0 unspecified atom stereocenters. The standard InChI is InChI=1S/C23H21N3O/c1-3-18-10-12-20(13-11-18)25-23(27)19(16-24)15-22-14-9-17(2)26(22)21-7-5-4-6-8-21/h4-15H,3H2,1-2H3,(H,25,27)/b19-15-. The third kappa shape index (κ3) is 4.16. The highest BCUT2D eigenvalue weighted by Gasteiger charge is 2.12. The van der Waals surface area contributed by atoms with Crippen LogP contribution in [-0.4, -0.2) is 10.5 Å². The Labute approximate surface area is 159 Å². The molecule has 0 aliphatic heterocycles. The van der Waals surface area contributed by atoms with Gasteiger partial charge < -0.3 is 9.88 Å². The van der Waals surface area contributed by atoms with Crippen molar-refractivity contribution in [3.8, 4) is 11.8 Å². The van der Waals surface area contributed by atoms with Crippen LogP contribution in [0, 0.1) is 18.3 Å². The van der Waals surface area contributed by atoms with Crippen molar-refractivity contribution in [1.82, 2.24) is 4.57 Å². The Morgan fingerprint density at radius 1 is 1.07 bits per heavy atom. The zero-order chi connectivity index (χ0) is 19.2. The van der Waals surface area contributed by atoms with Gasteiger partial charge in [0.05, 0.1) is 0 Å². The molecule has 0 saturated carbocycles. The van der Waals surface area contributed by atoms with Crippen LogP contribution in [0.5, 0.6) is 0 Å². The van der Waals surface area contributed by atoms with Gasteiger partial charge in [0, 0.05) is 22.8 Å². The fraction of sp³-hybridized carbons (Fsp3) is 0.130. The Balaban J connectivity index is 1.88. The van der Waals surface area contributed by atoms with E-state index in [2.05, 4.69) is 12.2 Å². The number of amides is 1. The van der Waals surface area contributed by atoms with Crippen LogP contribution in [0.25, 0.3) is 11.8 Å². The van der Waals surface area contributed by atoms with Gasteiger partial charge in [-0.15, -0.1) is 0 Å². The fourth-order valence-corrected chi connectivity index (χ4v) is 2.92. The summed E-state index contributed by atoms with van der Waals surface area (Å²) in [5.41, 5.74) is 4.73. The Kier molecular flexibility index (Phi) is 5.53. The third-order valence-electron chi connectivity index (χ3n) is 4.40. The lowest BCUT2D eigenvalue weighted by Gasteiger charge is -2.10. The van der Waals surface area contributed by atoms with E-state index < -0.39 is 5.91 Å². The van der Waals surface area contributed by atoms with Gasteiger partial charge in [-0.25, -0.2) is 0 Å². The highest BCUT2D eigenvalue weighted by Crippen LogP contribution is 2.20. The number of aryl methyl sites for hydroxylation is 2. The molecule has 0 atom stereocenters. The molecule has 0 radical (unpaired) electrons. The topological polar surface area (TPSA) is 57.8 Å². The summed E-state index contributed by atoms with van der Waals surface area (Å²) >= 11 is 0. The second-order valence-corrected chi connectivity index (χ2v) is 6.24. The van der Waals surface area contributed by atoms with Crippen molar-refractivity contribution < 1.29 is 4.79 Å². The molecule has 1 heterocycles. The summed E-state index contributed by atoms with van der Waals surface area (Å²) in [6.45, 7) is 4.07. The molecule has 0 saturated heterocycles. The van der Waals surface area contributed by atoms with Crippen molar-refractivity contribution in [2.24, 2.45) is 0 Å². The van der Waals surface area contributed by atoms with Gasteiger partial charge in [0.2, 0.25) is 0 Å². The van der Waals surface area contributed by atoms with Crippen molar-refractivity contribution in [3.05, 3.63) is 89.3 Å². The number of carbonyl (C=O) groups is 1. The van der Waals surface area contributed by atoms with Gasteiger partial charge >= 0.3 is 0 Å². The van der Waals surface area contributed by atoms with Gasteiger partial charge in [-0.1, -0.05) is 37.3 Å². The quantitative estimate of drug-likeness (QED) is 0.523. The van der Waals surface area contributed by atoms with Gasteiger partial charge in [0.25, 0.3) is 5.91 Å². The van der Waals surface area contributed by atoms with Gasteiger partial charge in [0.1, 0.15) is 11.6 Å². The van der Waals surface area contributed by atoms with Crippen LogP contribution >= 0.6 is 0 Å². The second kappa shape index (κ2) is 8.20. The van der Waals surface area contributed by atoms with Gasteiger partial charge in [-0.3, -0.25) is 4.79 Å². The number of para-hydroxylation sites is 1. The average molecular weight is 355 g/mol. The van der Waals surface area contributed by atoms with Crippen LogP contribution in [0.15, 0.2) is 72.3 Å². The molecule has 1 aromatic heterocycles. The van der Waals surface area contributed by atoms with Crippen molar-refractivity contribution >= 4 is 17.7 Å². The third-order valence-corrected chi connectivity index (χ3v) is 4.40. The number of hydrogen-bond acceptors (Lipinski definition) is 2. The van der Waals surface area contributed by atoms with Crippen LogP contribution in [0.2, 0.25) is 0 Å². The van der Waals surface area contributed by atoms with E-state index in [1.165, 1.54) is 5.56 Å². The Hall–Kier alpha value is -3.58. The first kappa shape index (κ1) is 18.2. The molecule has 0 aliphatic rings. The number of nitrogens with zero attached hydrogens (tertiary/aromatic N) is 2. The molecular weight excluding hydrogens is 334 g/mol. The maximum atomic E-state index is 12.5. The van der Waals surface area contributed by atoms with E-state index in [4.69, 9.17) is 0 Å². The summed E-state index contributed by atoms with van der Waals surface area (Å²) in [5.74, 6) is -0.416. The lowest BCUT2D eigenvalue weighted by molar-refractivity contribution is -0.112. The molecule has 0 bridgehead atoms. The van der Waals surface area contributed by atoms with E-state index in [1.807, 2.05) is 84.3 Å². The zero-order valence-corrected chi connectivity index (χ0v) is 15.4. The van der Waals surface area contributed by atoms with E-state index in [-0.39, 0.29) is 5.57 Å². The smallest absolute Gasteiger partial charge is 0.266 e. The summed E-state index contributed by atoms with van der Waals surface area (Å²) in [7, 11) is 0. The van der Waals surface area contributed by atoms with Crippen LogP contribution in [-0.2, 0) is 11.2 Å². The first-order valence-corrected chi connectivity index (χ1v) is 8.88. The summed E-state index contributed by atoms with van der Waals surface area (Å²) in [6, 6.07) is 23.4. The number of benzene rings is 2. The molecule has 0 spiro atoms. The van der Waals surface area contributed by atoms with Gasteiger partial charge in [-0.2, -0.15) is 5.26 Å². The van der Waals surface area contributed by atoms with Gasteiger partial charge in [0.15, 0.2) is 0 Å². The summed E-state index contributed by atoms with van der Waals surface area (Å²) in [5, 5.41) is 12.3. The summed E-state index contributed by atoms with van der Waals surface area (Å²) < 4.78 is 2.01. The predicted octanol–water partition coefficient (Wildman–Crippen LogP) is 4.89. The maximum Gasteiger partial charge on any atom is 0.266 e. The molecular formula is C23H21N3O. The summed E-state index contributed by atoms with van der Waals surface area (Å²) in [4.78, 5) is 12.5. The number of anilines is 1. The van der Waals surface area contributed by atoms with Crippen molar-refractivity contribution in [2.75, 3.05) is 5.32 Å². The molecule has 3 aromatic rings. The molecule has 134 valence electrons. The minimum absolute atomic E-state index is 0.0600. The molecule has 1 N–H and O–H groups in total. The van der Waals surface area contributed by atoms with E-state index in [9.17, 15) is 10.1 Å². The molecule has 4 nitrogen and oxygen atoms in total. The second-order valence-electron chi connectivity index (χ2n) is 6.24. The molecule has 3 rings (SSSR count). The molecule has 0 fully saturated rings. The van der Waals surface area contributed by atoms with Crippen molar-refractivity contribution in [2.45, 2.75) is 20.3 Å². The van der Waals surface area contributed by atoms with Gasteiger partial charge in [-0.05, 0) is 61.4 Å². The van der Waals surface area contributed by atoms with Crippen molar-refractivity contribution in [1.29, 1.82) is 5.26 Å². The van der Waals surface area contributed by atoms with E-state index in [0.717, 1.165) is 23.5 Å². The average Bonchev–Trinajstić information content (AvgIpc) is 3.07. The molecule has 1 amide bonds. The number of rotatable bonds is 5. The largest absolute Gasteiger partial charge is 0.321 e. The highest BCUT2D eigenvalue weighted by atomic mass is 16.1. The Morgan fingerprint density at radius 2 is 1.78 bits per heavy atom. The van der Waals surface area contributed by atoms with E-state index in [0.29, 0.717) is 5.69 Å². The maximum absolute atomic E-state index is 12.5. The molecule has 27 heavy (non-hydrogen) atoms. The molecule has 0 aliphatic carbocycles. The highest BCUT2D eigenvalue weighted by molar-refractivity contribution is 6.09. The lowest BCUT2D eigenvalue weighted by Crippen LogP contribution is -2.13. The predicted molar refractivity (Wildman–Crippen MR) is 109 cm³/mol. The number of hydrogen-bond donors (Lipinski definition) is 1. The SMILES string of the molecule is CCc1ccc(NC(=O)/C(C#N)=C\c2ccc(C)n2-c2ccccc2)cc1. The lowest BCUT2D eigenvalue weighted by atomic mass is 10.1. The fourth-order valence-electron chi connectivity index (χ4n) is 2.92. The first-order valence-electron chi connectivity index (χ1n) is 8.88. The van der Waals surface area contributed by atoms with Crippen LogP contribution in [0.3, 0.4) is 0 Å². The molecule has 2 aromatic carbocycles. The van der Waals surface area contributed by atoms with Crippen molar-refractivity contribution in [3.63, 3.8) is 0 Å². The van der Waals surface area contributed by atoms with Crippen LogP contribution < -0.4 is 5.32 Å². The minimum Gasteiger partial charge on any atom is -0.321 e. The Morgan fingerprint density at radius 3 is 2.41 bits per heavy atom. The van der Waals surface area contributed by atoms with Crippen LogP contribution in [0.1, 0.15) is 23.9 Å². The monoisotopic (exact) mass is 355 g/mol. The first-order chi connectivity index (χ1) is 13.1. The number of aromatic nitrogens is 1. The van der Waals surface area contributed by atoms with E-state index in [1.54, 1.807) is 6.08 Å². The summed E-state index contributed by atoms with van der Waals surface area (Å²) in [6.07, 6.45) is 2.56. The number of carbonyl (C=O) groups excluding carboxylic acids is 1. The minimum atomic E-state index is -0.416. The van der Waals surface area contributed by atoms with Crippen LogP contribution in [0.4, 0.5) is 5.69 Å². The molecule has 4 heteroatoms. The zero-order valence-electron chi connectivity index (χ0n) is 15.4.